The van der Waals surface area contributed by atoms with Gasteiger partial charge in [-0.3, -0.25) is 4.79 Å². The second kappa shape index (κ2) is 6.82. The Morgan fingerprint density at radius 1 is 1.35 bits per heavy atom. The zero-order valence-electron chi connectivity index (χ0n) is 15.9. The molecular weight excluding hydrogens is 419 g/mol. The van der Waals surface area contributed by atoms with Crippen molar-refractivity contribution >= 4 is 11.4 Å². The van der Waals surface area contributed by atoms with Gasteiger partial charge in [0.25, 0.3) is 0 Å². The van der Waals surface area contributed by atoms with Crippen molar-refractivity contribution in [1.82, 2.24) is 34.7 Å². The predicted octanol–water partition coefficient (Wildman–Crippen LogP) is 2.44. The monoisotopic (exact) mass is 433 g/mol. The van der Waals surface area contributed by atoms with Crippen molar-refractivity contribution in [3.8, 4) is 5.75 Å². The van der Waals surface area contributed by atoms with E-state index >= 15 is 0 Å². The molecule has 1 aliphatic heterocycles. The van der Waals surface area contributed by atoms with Crippen LogP contribution in [0, 0.1) is 6.92 Å². The average Bonchev–Trinajstić information content (AvgIpc) is 3.44. The van der Waals surface area contributed by atoms with Crippen molar-refractivity contribution in [2.75, 3.05) is 6.54 Å². The van der Waals surface area contributed by atoms with Gasteiger partial charge in [-0.2, -0.15) is 5.10 Å². The molecular formula is C18H14F3N7O3. The van der Waals surface area contributed by atoms with Crippen molar-refractivity contribution in [3.05, 3.63) is 59.6 Å². The van der Waals surface area contributed by atoms with Gasteiger partial charge in [0.1, 0.15) is 11.6 Å². The second-order valence-corrected chi connectivity index (χ2v) is 6.86. The number of hydrogen-bond donors (Lipinski definition) is 1. The Balaban J connectivity index is 1.61. The van der Waals surface area contributed by atoms with Gasteiger partial charge < -0.3 is 19.0 Å². The van der Waals surface area contributed by atoms with E-state index in [1.54, 1.807) is 6.92 Å². The first-order chi connectivity index (χ1) is 14.8. The van der Waals surface area contributed by atoms with Gasteiger partial charge in [-0.25, -0.2) is 9.50 Å². The summed E-state index contributed by atoms with van der Waals surface area (Å²) < 4.78 is 49.1. The summed E-state index contributed by atoms with van der Waals surface area (Å²) in [6.07, 6.45) is -1.37. The largest absolute Gasteiger partial charge is 0.573 e. The summed E-state index contributed by atoms with van der Waals surface area (Å²) >= 11 is 0. The highest BCUT2D eigenvalue weighted by Crippen LogP contribution is 2.36. The molecule has 0 bridgehead atoms. The summed E-state index contributed by atoms with van der Waals surface area (Å²) in [5, 5.41) is 11.9. The number of imidazole rings is 1. The van der Waals surface area contributed by atoms with Crippen LogP contribution in [-0.4, -0.2) is 53.5 Å². The third-order valence-electron chi connectivity index (χ3n) is 4.88. The average molecular weight is 433 g/mol. The second-order valence-electron chi connectivity index (χ2n) is 6.86. The normalized spacial score (nSPS) is 16.5. The highest BCUT2D eigenvalue weighted by Gasteiger charge is 2.38. The Hall–Kier alpha value is -3.90. The van der Waals surface area contributed by atoms with E-state index < -0.39 is 24.1 Å². The first-order valence-corrected chi connectivity index (χ1v) is 9.17. The van der Waals surface area contributed by atoms with Crippen molar-refractivity contribution in [2.45, 2.75) is 25.7 Å². The number of pyridine rings is 1. The van der Waals surface area contributed by atoms with Gasteiger partial charge >= 0.3 is 18.2 Å². The van der Waals surface area contributed by atoms with E-state index in [4.69, 9.17) is 4.42 Å². The molecule has 31 heavy (non-hydrogen) atoms. The summed E-state index contributed by atoms with van der Waals surface area (Å²) in [5.74, 6) is -0.884. The summed E-state index contributed by atoms with van der Waals surface area (Å²) in [6, 6.07) is 3.25. The SMILES string of the molecule is Cc1nnc(C(=O)N2CCc3[nH]cnc3[C@@H]2c2cc3c(OC(F)(F)F)cccn3n2)o1. The fourth-order valence-electron chi connectivity index (χ4n) is 3.65. The number of ether oxygens (including phenoxy) is 1. The molecule has 0 saturated carbocycles. The van der Waals surface area contributed by atoms with E-state index in [1.165, 1.54) is 40.1 Å². The molecule has 5 heterocycles. The number of rotatable bonds is 3. The number of amides is 1. The van der Waals surface area contributed by atoms with Crippen LogP contribution in [0.1, 0.15) is 39.7 Å². The molecule has 1 atom stereocenters. The number of aromatic nitrogens is 6. The molecule has 0 aliphatic carbocycles. The fraction of sp³-hybridized carbons (Fsp3) is 0.278. The number of H-pyrrole nitrogens is 1. The van der Waals surface area contributed by atoms with E-state index in [9.17, 15) is 18.0 Å². The van der Waals surface area contributed by atoms with Gasteiger partial charge in [0.15, 0.2) is 5.75 Å². The molecule has 1 amide bonds. The molecule has 13 heteroatoms. The Labute approximate surface area is 171 Å². The van der Waals surface area contributed by atoms with Crippen LogP contribution in [0.25, 0.3) is 5.52 Å². The maximum atomic E-state index is 13.1. The maximum absolute atomic E-state index is 13.1. The Morgan fingerprint density at radius 3 is 2.94 bits per heavy atom. The Kier molecular flexibility index (Phi) is 4.20. The molecule has 0 radical (unpaired) electrons. The highest BCUT2D eigenvalue weighted by molar-refractivity contribution is 5.90. The molecule has 0 aromatic carbocycles. The van der Waals surface area contributed by atoms with Crippen LogP contribution in [-0.2, 0) is 6.42 Å². The number of halogens is 3. The maximum Gasteiger partial charge on any atom is 0.573 e. The molecule has 0 unspecified atom stereocenters. The topological polar surface area (TPSA) is 114 Å². The van der Waals surface area contributed by atoms with Gasteiger partial charge in [-0.1, -0.05) is 0 Å². The number of nitrogens with zero attached hydrogens (tertiary/aromatic N) is 6. The smallest absolute Gasteiger partial charge is 0.417 e. The molecule has 0 spiro atoms. The Morgan fingerprint density at radius 2 is 2.19 bits per heavy atom. The summed E-state index contributed by atoms with van der Waals surface area (Å²) in [7, 11) is 0. The fourth-order valence-corrected chi connectivity index (χ4v) is 3.65. The molecule has 4 aromatic rings. The number of aromatic amines is 1. The third-order valence-corrected chi connectivity index (χ3v) is 4.88. The number of fused-ring (bicyclic) bond motifs is 2. The van der Waals surface area contributed by atoms with E-state index in [-0.39, 0.29) is 17.3 Å². The summed E-state index contributed by atoms with van der Waals surface area (Å²) in [6.45, 7) is 1.85. The van der Waals surface area contributed by atoms with Crippen LogP contribution in [0.2, 0.25) is 0 Å². The third kappa shape index (κ3) is 3.37. The lowest BCUT2D eigenvalue weighted by atomic mass is 9.99. The van der Waals surface area contributed by atoms with E-state index in [0.717, 1.165) is 5.69 Å². The van der Waals surface area contributed by atoms with E-state index in [2.05, 4.69) is 30.0 Å². The zero-order chi connectivity index (χ0) is 21.8. The van der Waals surface area contributed by atoms with Gasteiger partial charge in [0.2, 0.25) is 5.89 Å². The highest BCUT2D eigenvalue weighted by atomic mass is 19.4. The predicted molar refractivity (Wildman–Crippen MR) is 96.1 cm³/mol. The first kappa shape index (κ1) is 19.1. The van der Waals surface area contributed by atoms with Crippen LogP contribution in [0.5, 0.6) is 5.75 Å². The summed E-state index contributed by atoms with van der Waals surface area (Å²) in [4.78, 5) is 21.9. The van der Waals surface area contributed by atoms with Gasteiger partial charge in [0, 0.05) is 31.8 Å². The number of nitrogens with one attached hydrogen (secondary N) is 1. The molecule has 5 rings (SSSR count). The van der Waals surface area contributed by atoms with E-state index in [1.807, 2.05) is 0 Å². The minimum Gasteiger partial charge on any atom is -0.417 e. The van der Waals surface area contributed by atoms with Crippen LogP contribution < -0.4 is 4.74 Å². The number of carbonyl (C=O) groups is 1. The van der Waals surface area contributed by atoms with Crippen LogP contribution in [0.3, 0.4) is 0 Å². The minimum absolute atomic E-state index is 0.0958. The lowest BCUT2D eigenvalue weighted by Gasteiger charge is -2.32. The molecule has 0 fully saturated rings. The number of hydrogen-bond acceptors (Lipinski definition) is 7. The lowest BCUT2D eigenvalue weighted by Crippen LogP contribution is -2.41. The number of alkyl halides is 3. The van der Waals surface area contributed by atoms with Gasteiger partial charge in [0.05, 0.1) is 17.7 Å². The first-order valence-electron chi connectivity index (χ1n) is 9.17. The van der Waals surface area contributed by atoms with Crippen molar-refractivity contribution < 1.29 is 27.1 Å². The van der Waals surface area contributed by atoms with Crippen LogP contribution in [0.15, 0.2) is 35.1 Å². The zero-order valence-corrected chi connectivity index (χ0v) is 15.9. The minimum atomic E-state index is -4.86. The molecule has 160 valence electrons. The molecule has 1 N–H and O–H groups in total. The number of carbonyl (C=O) groups excluding carboxylic acids is 1. The molecule has 0 saturated heterocycles. The molecule has 4 aromatic heterocycles. The van der Waals surface area contributed by atoms with Crippen molar-refractivity contribution in [2.24, 2.45) is 0 Å². The number of aryl methyl sites for hydroxylation is 1. The Bertz CT molecular complexity index is 1280. The van der Waals surface area contributed by atoms with Crippen LogP contribution >= 0.6 is 0 Å². The molecule has 1 aliphatic rings. The molecule has 10 nitrogen and oxygen atoms in total. The van der Waals surface area contributed by atoms with Gasteiger partial charge in [-0.15, -0.1) is 23.4 Å². The van der Waals surface area contributed by atoms with Crippen LogP contribution in [0.4, 0.5) is 13.2 Å². The summed E-state index contributed by atoms with van der Waals surface area (Å²) in [5.41, 5.74) is 1.76. The quantitative estimate of drug-likeness (QED) is 0.528. The lowest BCUT2D eigenvalue weighted by molar-refractivity contribution is -0.274. The standard InChI is InChI=1S/C18H14F3N7O3/c1-9-24-25-16(30-9)17(29)27-6-4-10-14(23-8-22-10)15(27)11-7-12-13(31-18(19,20)21)3-2-5-28(12)26-11/h2-3,5,7-8,15H,4,6H2,1H3,(H,22,23)/t15-/m0/s1. The van der Waals surface area contributed by atoms with E-state index in [0.29, 0.717) is 24.4 Å². The van der Waals surface area contributed by atoms with Crippen molar-refractivity contribution in [1.29, 1.82) is 0 Å². The van der Waals surface area contributed by atoms with Gasteiger partial charge in [-0.05, 0) is 18.2 Å². The van der Waals surface area contributed by atoms with Crippen molar-refractivity contribution in [3.63, 3.8) is 0 Å².